The van der Waals surface area contributed by atoms with Crippen molar-refractivity contribution in [3.05, 3.63) is 0 Å². The van der Waals surface area contributed by atoms with Crippen LogP contribution < -0.4 is 0 Å². The van der Waals surface area contributed by atoms with Gasteiger partial charge >= 0.3 is 5.97 Å². The van der Waals surface area contributed by atoms with E-state index in [0.717, 1.165) is 0 Å². The first-order chi connectivity index (χ1) is 11.3. The van der Waals surface area contributed by atoms with E-state index in [4.69, 9.17) is 10.00 Å². The third kappa shape index (κ3) is 3.28. The summed E-state index contributed by atoms with van der Waals surface area (Å²) >= 11 is 0. The van der Waals surface area contributed by atoms with Gasteiger partial charge in [-0.15, -0.1) is 4.99 Å². The summed E-state index contributed by atoms with van der Waals surface area (Å²) in [6.07, 6.45) is 2.25. The van der Waals surface area contributed by atoms with Gasteiger partial charge in [-0.05, 0) is 34.6 Å². The predicted octanol–water partition coefficient (Wildman–Crippen LogP) is 1.04. The highest BCUT2D eigenvalue weighted by Crippen LogP contribution is 2.44. The molecule has 1 unspecified atom stereocenters. The molecule has 0 saturated carbocycles. The number of carbonyl (C=O) groups excluding carboxylic acids is 2. The van der Waals surface area contributed by atoms with Crippen molar-refractivity contribution in [3.63, 3.8) is 0 Å². The number of hydrogen-bond donors (Lipinski definition) is 0. The highest BCUT2D eigenvalue weighted by atomic mass is 16.5. The minimum atomic E-state index is -1.11. The molecule has 0 aromatic carbocycles. The molecule has 1 amide bonds. The Hall–Kier alpha value is -2.30. The molecule has 1 fully saturated rings. The Morgan fingerprint density at radius 3 is 2.24 bits per heavy atom. The zero-order valence-electron chi connectivity index (χ0n) is 16.7. The number of ether oxygens (including phenoxy) is 1. The SMILES string of the molecule is COC(=O)C(C)(C)N1C(=O)C(C)(N(C)C(=NC#N)N(C)C)CC1(C)C. The van der Waals surface area contributed by atoms with E-state index in [9.17, 15) is 9.59 Å². The minimum absolute atomic E-state index is 0.206. The molecule has 1 rings (SSSR count). The number of likely N-dealkylation sites (tertiary alicyclic amines) is 1. The molecule has 1 aliphatic heterocycles. The number of likely N-dealkylation sites (N-methyl/N-ethyl adjacent to an activating group) is 1. The van der Waals surface area contributed by atoms with Crippen molar-refractivity contribution in [1.82, 2.24) is 14.7 Å². The number of esters is 1. The fraction of sp³-hybridized carbons (Fsp3) is 0.765. The summed E-state index contributed by atoms with van der Waals surface area (Å²) in [4.78, 5) is 34.5. The number of nitriles is 1. The molecule has 1 aliphatic rings. The summed E-state index contributed by atoms with van der Waals surface area (Å²) in [5, 5.41) is 8.97. The van der Waals surface area contributed by atoms with Gasteiger partial charge in [-0.25, -0.2) is 4.79 Å². The standard InChI is InChI=1S/C17H29N5O3/c1-15(2)10-17(5,21(8)14(19-11-18)20(6)7)12(23)22(15)16(3,4)13(24)25-9/h10H2,1-9H3. The molecule has 1 heterocycles. The van der Waals surface area contributed by atoms with Crippen molar-refractivity contribution in [3.8, 4) is 6.19 Å². The van der Waals surface area contributed by atoms with Crippen molar-refractivity contribution in [2.75, 3.05) is 28.3 Å². The quantitative estimate of drug-likeness (QED) is 0.327. The first-order valence-corrected chi connectivity index (χ1v) is 8.08. The van der Waals surface area contributed by atoms with Crippen LogP contribution in [0.3, 0.4) is 0 Å². The van der Waals surface area contributed by atoms with Gasteiger partial charge in [0.15, 0.2) is 0 Å². The highest BCUT2D eigenvalue weighted by Gasteiger charge is 2.61. The van der Waals surface area contributed by atoms with Crippen LogP contribution >= 0.6 is 0 Å². The number of amides is 1. The van der Waals surface area contributed by atoms with Crippen molar-refractivity contribution >= 4 is 17.8 Å². The summed E-state index contributed by atoms with van der Waals surface area (Å²) in [6.45, 7) is 9.01. The monoisotopic (exact) mass is 351 g/mol. The van der Waals surface area contributed by atoms with Gasteiger partial charge in [0, 0.05) is 33.1 Å². The van der Waals surface area contributed by atoms with Crippen molar-refractivity contribution < 1.29 is 14.3 Å². The summed E-state index contributed by atoms with van der Waals surface area (Å²) in [5.41, 5.74) is -2.64. The number of guanidine groups is 1. The Morgan fingerprint density at radius 1 is 1.32 bits per heavy atom. The third-order valence-electron chi connectivity index (χ3n) is 4.88. The number of hydrogen-bond acceptors (Lipinski definition) is 5. The van der Waals surface area contributed by atoms with Gasteiger partial charge in [-0.2, -0.15) is 5.26 Å². The topological polar surface area (TPSA) is 89.2 Å². The van der Waals surface area contributed by atoms with Gasteiger partial charge in [0.1, 0.15) is 11.1 Å². The summed E-state index contributed by atoms with van der Waals surface area (Å²) < 4.78 is 4.90. The molecular formula is C17H29N5O3. The lowest BCUT2D eigenvalue weighted by Gasteiger charge is -2.42. The van der Waals surface area contributed by atoms with Crippen LogP contribution in [0.4, 0.5) is 0 Å². The molecule has 0 aromatic rings. The third-order valence-corrected chi connectivity index (χ3v) is 4.88. The van der Waals surface area contributed by atoms with Gasteiger partial charge in [-0.1, -0.05) is 0 Å². The summed E-state index contributed by atoms with van der Waals surface area (Å²) in [6, 6.07) is 0. The normalized spacial score (nSPS) is 23.3. The van der Waals surface area contributed by atoms with E-state index < -0.39 is 22.6 Å². The average Bonchev–Trinajstić information content (AvgIpc) is 2.68. The van der Waals surface area contributed by atoms with E-state index in [1.807, 2.05) is 13.8 Å². The average molecular weight is 351 g/mol. The lowest BCUT2D eigenvalue weighted by molar-refractivity contribution is -0.163. The lowest BCUT2D eigenvalue weighted by atomic mass is 9.89. The van der Waals surface area contributed by atoms with Crippen molar-refractivity contribution in [1.29, 1.82) is 5.26 Å². The van der Waals surface area contributed by atoms with E-state index in [-0.39, 0.29) is 5.91 Å². The van der Waals surface area contributed by atoms with Crippen molar-refractivity contribution in [2.45, 2.75) is 57.7 Å². The van der Waals surface area contributed by atoms with Crippen LogP contribution in [0.1, 0.15) is 41.0 Å². The Morgan fingerprint density at radius 2 is 1.84 bits per heavy atom. The van der Waals surface area contributed by atoms with Gasteiger partial charge < -0.3 is 19.4 Å². The second kappa shape index (κ2) is 6.54. The van der Waals surface area contributed by atoms with Gasteiger partial charge in [-0.3, -0.25) is 4.79 Å². The largest absolute Gasteiger partial charge is 0.467 e. The Balaban J connectivity index is 3.43. The smallest absolute Gasteiger partial charge is 0.331 e. The molecule has 0 N–H and O–H groups in total. The van der Waals surface area contributed by atoms with E-state index in [1.165, 1.54) is 7.11 Å². The fourth-order valence-electron chi connectivity index (χ4n) is 3.87. The van der Waals surface area contributed by atoms with E-state index >= 15 is 0 Å². The van der Waals surface area contributed by atoms with Crippen LogP contribution in [0.15, 0.2) is 4.99 Å². The van der Waals surface area contributed by atoms with Crippen LogP contribution in [0.5, 0.6) is 0 Å². The first kappa shape index (κ1) is 20.7. The lowest BCUT2D eigenvalue weighted by Crippen LogP contribution is -2.61. The van der Waals surface area contributed by atoms with Crippen LogP contribution in [0.2, 0.25) is 0 Å². The molecule has 8 nitrogen and oxygen atoms in total. The van der Waals surface area contributed by atoms with Crippen LogP contribution in [-0.2, 0) is 14.3 Å². The highest BCUT2D eigenvalue weighted by molar-refractivity contribution is 5.98. The maximum Gasteiger partial charge on any atom is 0.331 e. The molecule has 140 valence electrons. The summed E-state index contributed by atoms with van der Waals surface area (Å²) in [7, 11) is 6.57. The van der Waals surface area contributed by atoms with Crippen LogP contribution in [0.25, 0.3) is 0 Å². The Labute approximate surface area is 150 Å². The minimum Gasteiger partial charge on any atom is -0.467 e. The Kier molecular flexibility index (Phi) is 5.43. The maximum absolute atomic E-state index is 13.4. The second-order valence-corrected chi connectivity index (χ2v) is 7.92. The number of carbonyl (C=O) groups is 2. The first-order valence-electron chi connectivity index (χ1n) is 8.08. The molecule has 0 aliphatic carbocycles. The number of rotatable bonds is 3. The zero-order chi connectivity index (χ0) is 19.8. The molecule has 0 radical (unpaired) electrons. The van der Waals surface area contributed by atoms with Gasteiger partial charge in [0.05, 0.1) is 7.11 Å². The Bertz CT molecular complexity index is 633. The molecule has 1 atom stereocenters. The van der Waals surface area contributed by atoms with E-state index in [2.05, 4.69) is 4.99 Å². The number of aliphatic imine (C=N–C) groups is 1. The maximum atomic E-state index is 13.4. The van der Waals surface area contributed by atoms with Gasteiger partial charge in [0.25, 0.3) is 0 Å². The van der Waals surface area contributed by atoms with Gasteiger partial charge in [0.2, 0.25) is 18.1 Å². The van der Waals surface area contributed by atoms with E-state index in [1.54, 1.807) is 62.8 Å². The second-order valence-electron chi connectivity index (χ2n) is 7.92. The van der Waals surface area contributed by atoms with Crippen LogP contribution in [0, 0.1) is 11.5 Å². The number of methoxy groups -OCH3 is 1. The molecule has 25 heavy (non-hydrogen) atoms. The van der Waals surface area contributed by atoms with E-state index in [0.29, 0.717) is 12.4 Å². The predicted molar refractivity (Wildman–Crippen MR) is 94.5 cm³/mol. The zero-order valence-corrected chi connectivity index (χ0v) is 16.7. The molecular weight excluding hydrogens is 322 g/mol. The molecule has 0 bridgehead atoms. The molecule has 8 heteroatoms. The molecule has 0 aromatic heterocycles. The molecule has 1 saturated heterocycles. The summed E-state index contributed by atoms with van der Waals surface area (Å²) in [5.74, 6) is -0.297. The molecule has 0 spiro atoms. The fourth-order valence-corrected chi connectivity index (χ4v) is 3.87. The van der Waals surface area contributed by atoms with Crippen LogP contribution in [-0.4, -0.2) is 77.4 Å². The number of nitrogens with zero attached hydrogens (tertiary/aromatic N) is 5. The van der Waals surface area contributed by atoms with Crippen molar-refractivity contribution in [2.24, 2.45) is 4.99 Å².